The summed E-state index contributed by atoms with van der Waals surface area (Å²) in [6.45, 7) is 2.05. The number of aromatic amines is 1. The van der Waals surface area contributed by atoms with Crippen LogP contribution in [-0.2, 0) is 0 Å². The van der Waals surface area contributed by atoms with Gasteiger partial charge in [-0.3, -0.25) is 0 Å². The van der Waals surface area contributed by atoms with Crippen LogP contribution in [0.25, 0.3) is 22.6 Å². The fourth-order valence-electron chi connectivity index (χ4n) is 2.07. The minimum atomic E-state index is -0.238. The fraction of sp³-hybridized carbons (Fsp3) is 0.0625. The Balaban J connectivity index is 2.00. The van der Waals surface area contributed by atoms with Gasteiger partial charge in [0.25, 0.3) is 0 Å². The van der Waals surface area contributed by atoms with E-state index in [0.717, 1.165) is 22.6 Å². The molecule has 0 aliphatic rings. The number of aryl methyl sites for hydroxylation is 1. The molecule has 19 heavy (non-hydrogen) atoms. The summed E-state index contributed by atoms with van der Waals surface area (Å²) in [6.07, 6.45) is 1.84. The molecule has 94 valence electrons. The Kier molecular flexibility index (Phi) is 2.88. The Bertz CT molecular complexity index is 699. The molecule has 3 rings (SSSR count). The smallest absolute Gasteiger partial charge is 0.138 e. The number of rotatable bonds is 2. The molecule has 0 fully saturated rings. The van der Waals surface area contributed by atoms with Gasteiger partial charge in [-0.1, -0.05) is 24.3 Å². The van der Waals surface area contributed by atoms with E-state index in [1.807, 2.05) is 24.4 Å². The number of hydrogen-bond acceptors (Lipinski definition) is 1. The minimum absolute atomic E-state index is 0.238. The van der Waals surface area contributed by atoms with Crippen LogP contribution >= 0.6 is 0 Å². The molecule has 0 aliphatic carbocycles. The third-order valence-corrected chi connectivity index (χ3v) is 3.12. The molecule has 2 aromatic carbocycles. The first-order valence-electron chi connectivity index (χ1n) is 6.11. The summed E-state index contributed by atoms with van der Waals surface area (Å²) in [6, 6.07) is 14.4. The summed E-state index contributed by atoms with van der Waals surface area (Å²) in [5, 5.41) is 0. The highest BCUT2D eigenvalue weighted by Crippen LogP contribution is 2.24. The third kappa shape index (κ3) is 2.27. The topological polar surface area (TPSA) is 28.7 Å². The van der Waals surface area contributed by atoms with Crippen molar-refractivity contribution < 1.29 is 4.39 Å². The summed E-state index contributed by atoms with van der Waals surface area (Å²) in [5.41, 5.74) is 3.97. The van der Waals surface area contributed by atoms with Gasteiger partial charge in [-0.05, 0) is 36.8 Å². The summed E-state index contributed by atoms with van der Waals surface area (Å²) >= 11 is 0. The van der Waals surface area contributed by atoms with E-state index in [9.17, 15) is 4.39 Å². The second-order valence-corrected chi connectivity index (χ2v) is 4.46. The molecule has 0 saturated heterocycles. The molecule has 3 heteroatoms. The molecule has 1 aromatic heterocycles. The van der Waals surface area contributed by atoms with Crippen molar-refractivity contribution in [3.63, 3.8) is 0 Å². The lowest BCUT2D eigenvalue weighted by atomic mass is 10.1. The van der Waals surface area contributed by atoms with Crippen LogP contribution in [0.2, 0.25) is 0 Å². The Morgan fingerprint density at radius 2 is 1.74 bits per heavy atom. The first-order valence-corrected chi connectivity index (χ1v) is 6.11. The fourth-order valence-corrected chi connectivity index (χ4v) is 2.07. The van der Waals surface area contributed by atoms with E-state index in [1.54, 1.807) is 12.1 Å². The molecular weight excluding hydrogens is 239 g/mol. The molecule has 0 aliphatic heterocycles. The predicted molar refractivity (Wildman–Crippen MR) is 74.2 cm³/mol. The number of hydrogen-bond donors (Lipinski definition) is 1. The number of benzene rings is 2. The van der Waals surface area contributed by atoms with Crippen molar-refractivity contribution in [2.75, 3.05) is 0 Å². The van der Waals surface area contributed by atoms with Crippen LogP contribution in [0.5, 0.6) is 0 Å². The van der Waals surface area contributed by atoms with Gasteiger partial charge in [0.15, 0.2) is 0 Å². The van der Waals surface area contributed by atoms with Crippen LogP contribution in [0.3, 0.4) is 0 Å². The number of imidazole rings is 1. The van der Waals surface area contributed by atoms with E-state index in [2.05, 4.69) is 23.0 Å². The van der Waals surface area contributed by atoms with Gasteiger partial charge in [0.05, 0.1) is 5.69 Å². The molecule has 1 N–H and O–H groups in total. The van der Waals surface area contributed by atoms with Gasteiger partial charge in [-0.2, -0.15) is 0 Å². The first kappa shape index (κ1) is 11.7. The van der Waals surface area contributed by atoms with Crippen LogP contribution in [0.4, 0.5) is 4.39 Å². The zero-order valence-corrected chi connectivity index (χ0v) is 10.5. The second kappa shape index (κ2) is 4.69. The van der Waals surface area contributed by atoms with Crippen molar-refractivity contribution in [2.24, 2.45) is 0 Å². The minimum Gasteiger partial charge on any atom is -0.344 e. The molecule has 0 radical (unpaired) electrons. The van der Waals surface area contributed by atoms with E-state index in [4.69, 9.17) is 0 Å². The lowest BCUT2D eigenvalue weighted by molar-refractivity contribution is 0.628. The molecule has 0 amide bonds. The maximum atomic E-state index is 12.9. The molecule has 0 saturated carbocycles. The number of halogens is 1. The molecule has 1 heterocycles. The Morgan fingerprint density at radius 1 is 1.00 bits per heavy atom. The van der Waals surface area contributed by atoms with Crippen molar-refractivity contribution >= 4 is 0 Å². The largest absolute Gasteiger partial charge is 0.344 e. The average molecular weight is 252 g/mol. The van der Waals surface area contributed by atoms with E-state index < -0.39 is 0 Å². The van der Waals surface area contributed by atoms with Crippen molar-refractivity contribution in [1.82, 2.24) is 9.97 Å². The first-order chi connectivity index (χ1) is 9.24. The highest BCUT2D eigenvalue weighted by molar-refractivity contribution is 5.66. The molecule has 2 nitrogen and oxygen atoms in total. The quantitative estimate of drug-likeness (QED) is 0.727. The maximum absolute atomic E-state index is 12.9. The maximum Gasteiger partial charge on any atom is 0.138 e. The van der Waals surface area contributed by atoms with Crippen molar-refractivity contribution in [2.45, 2.75) is 6.92 Å². The van der Waals surface area contributed by atoms with Gasteiger partial charge in [0.2, 0.25) is 0 Å². The number of H-pyrrole nitrogens is 1. The Hall–Kier alpha value is -2.42. The molecule has 0 unspecified atom stereocenters. The van der Waals surface area contributed by atoms with Gasteiger partial charge in [0, 0.05) is 17.3 Å². The zero-order valence-electron chi connectivity index (χ0n) is 10.5. The molecule has 0 atom stereocenters. The Labute approximate surface area is 111 Å². The monoisotopic (exact) mass is 252 g/mol. The standard InChI is InChI=1S/C16H13FN2/c1-11-4-2-3-5-14(11)16-18-10-15(19-16)12-6-8-13(17)9-7-12/h2-10H,1H3,(H,18,19). The lowest BCUT2D eigenvalue weighted by Gasteiger charge is -2.00. The lowest BCUT2D eigenvalue weighted by Crippen LogP contribution is -1.85. The normalized spacial score (nSPS) is 10.6. The molecular formula is C16H13FN2. The van der Waals surface area contributed by atoms with Crippen molar-refractivity contribution in [1.29, 1.82) is 0 Å². The van der Waals surface area contributed by atoms with Crippen molar-refractivity contribution in [3.05, 3.63) is 66.1 Å². The molecule has 0 spiro atoms. The van der Waals surface area contributed by atoms with E-state index >= 15 is 0 Å². The Morgan fingerprint density at radius 3 is 2.47 bits per heavy atom. The van der Waals surface area contributed by atoms with Crippen LogP contribution < -0.4 is 0 Å². The third-order valence-electron chi connectivity index (χ3n) is 3.12. The number of aromatic nitrogens is 2. The van der Waals surface area contributed by atoms with Crippen molar-refractivity contribution in [3.8, 4) is 22.6 Å². The van der Waals surface area contributed by atoms with E-state index in [-0.39, 0.29) is 5.82 Å². The van der Waals surface area contributed by atoms with Gasteiger partial charge in [-0.25, -0.2) is 9.37 Å². The highest BCUT2D eigenvalue weighted by atomic mass is 19.1. The van der Waals surface area contributed by atoms with Gasteiger partial charge >= 0.3 is 0 Å². The summed E-state index contributed by atoms with van der Waals surface area (Å²) in [5.74, 6) is 0.593. The van der Waals surface area contributed by atoms with Gasteiger partial charge < -0.3 is 4.98 Å². The summed E-state index contributed by atoms with van der Waals surface area (Å²) in [4.78, 5) is 7.73. The van der Waals surface area contributed by atoms with Crippen LogP contribution in [-0.4, -0.2) is 9.97 Å². The average Bonchev–Trinajstić information content (AvgIpc) is 2.89. The van der Waals surface area contributed by atoms with E-state index in [0.29, 0.717) is 0 Å². The molecule has 0 bridgehead atoms. The van der Waals surface area contributed by atoms with Crippen LogP contribution in [0.1, 0.15) is 5.56 Å². The predicted octanol–water partition coefficient (Wildman–Crippen LogP) is 4.19. The van der Waals surface area contributed by atoms with E-state index in [1.165, 1.54) is 17.7 Å². The second-order valence-electron chi connectivity index (χ2n) is 4.46. The van der Waals surface area contributed by atoms with Crippen LogP contribution in [0, 0.1) is 12.7 Å². The zero-order chi connectivity index (χ0) is 13.2. The summed E-state index contributed by atoms with van der Waals surface area (Å²) < 4.78 is 12.9. The van der Waals surface area contributed by atoms with Gasteiger partial charge in [-0.15, -0.1) is 0 Å². The van der Waals surface area contributed by atoms with Gasteiger partial charge in [0.1, 0.15) is 11.6 Å². The number of nitrogens with zero attached hydrogens (tertiary/aromatic N) is 1. The summed E-state index contributed by atoms with van der Waals surface area (Å²) in [7, 11) is 0. The highest BCUT2D eigenvalue weighted by Gasteiger charge is 2.07. The SMILES string of the molecule is Cc1ccccc1-c1nc(-c2ccc(F)cc2)c[nH]1. The van der Waals surface area contributed by atoms with Crippen LogP contribution in [0.15, 0.2) is 54.7 Å². The number of nitrogens with one attached hydrogen (secondary N) is 1. The molecule has 3 aromatic rings.